The van der Waals surface area contributed by atoms with E-state index in [1.807, 2.05) is 78.9 Å². The van der Waals surface area contributed by atoms with Crippen LogP contribution in [0.1, 0.15) is 11.3 Å². The highest BCUT2D eigenvalue weighted by Gasteiger charge is 2.08. The molecule has 0 saturated heterocycles. The Labute approximate surface area is 166 Å². The molecule has 0 saturated carbocycles. The average Bonchev–Trinajstić information content (AvgIpc) is 3.14. The molecule has 0 unspecified atom stereocenters. The maximum absolute atomic E-state index is 9.69. The maximum Gasteiger partial charge on any atom is 0.165 e. The van der Waals surface area contributed by atoms with E-state index >= 15 is 0 Å². The third-order valence-electron chi connectivity index (χ3n) is 4.12. The van der Waals surface area contributed by atoms with Gasteiger partial charge in [-0.1, -0.05) is 65.8 Å². The number of benzene rings is 3. The molecule has 0 N–H and O–H groups in total. The van der Waals surface area contributed by atoms with Gasteiger partial charge in [-0.15, -0.1) is 0 Å². The van der Waals surface area contributed by atoms with E-state index < -0.39 is 0 Å². The van der Waals surface area contributed by atoms with E-state index in [1.165, 1.54) is 11.8 Å². The quantitative estimate of drug-likeness (QED) is 0.344. The van der Waals surface area contributed by atoms with E-state index in [4.69, 9.17) is 16.0 Å². The van der Waals surface area contributed by atoms with E-state index in [1.54, 1.807) is 6.08 Å². The largest absolute Gasteiger partial charge is 0.450 e. The molecule has 4 aromatic rings. The number of nitriles is 1. The first kappa shape index (κ1) is 17.5. The molecule has 0 bridgehead atoms. The Hall–Kier alpha value is -2.93. The Morgan fingerprint density at radius 1 is 0.926 bits per heavy atom. The molecule has 3 aromatic carbocycles. The number of hydrogen-bond acceptors (Lipinski definition) is 3. The van der Waals surface area contributed by atoms with Crippen LogP contribution < -0.4 is 0 Å². The van der Waals surface area contributed by atoms with E-state index in [2.05, 4.69) is 6.07 Å². The van der Waals surface area contributed by atoms with Crippen LogP contribution in [-0.2, 0) is 0 Å². The van der Waals surface area contributed by atoms with Crippen molar-refractivity contribution in [3.8, 4) is 6.07 Å². The number of rotatable bonds is 4. The van der Waals surface area contributed by atoms with Crippen LogP contribution in [0.3, 0.4) is 0 Å². The number of fused-ring (bicyclic) bond motifs is 1. The van der Waals surface area contributed by atoms with Crippen LogP contribution in [0.4, 0.5) is 0 Å². The van der Waals surface area contributed by atoms with Gasteiger partial charge in [0.05, 0.1) is 11.6 Å². The lowest BCUT2D eigenvalue weighted by atomic mass is 9.98. The molecule has 1 heterocycles. The molecule has 4 heteroatoms. The smallest absolute Gasteiger partial charge is 0.165 e. The Kier molecular flexibility index (Phi) is 5.02. The number of hydrogen-bond donors (Lipinski definition) is 0. The van der Waals surface area contributed by atoms with Gasteiger partial charge in [0.25, 0.3) is 0 Å². The third kappa shape index (κ3) is 3.93. The van der Waals surface area contributed by atoms with Gasteiger partial charge < -0.3 is 4.42 Å². The minimum absolute atomic E-state index is 0.573. The van der Waals surface area contributed by atoms with Crippen molar-refractivity contribution >= 4 is 45.8 Å². The molecule has 1 aromatic heterocycles. The number of allylic oxidation sites excluding steroid dienone is 1. The lowest BCUT2D eigenvalue weighted by molar-refractivity contribution is 0.466. The molecule has 0 aliphatic carbocycles. The van der Waals surface area contributed by atoms with Crippen LogP contribution in [0.5, 0.6) is 0 Å². The highest BCUT2D eigenvalue weighted by molar-refractivity contribution is 7.99. The van der Waals surface area contributed by atoms with Gasteiger partial charge in [0, 0.05) is 15.5 Å². The van der Waals surface area contributed by atoms with Crippen molar-refractivity contribution < 1.29 is 4.42 Å². The Bertz CT molecular complexity index is 1160. The SMILES string of the molecule is N#C/C(=C\c1ccc(Sc2ccc(Cl)cc2)o1)c1cccc2ccccc12. The van der Waals surface area contributed by atoms with Crippen molar-refractivity contribution in [1.82, 2.24) is 0 Å². The van der Waals surface area contributed by atoms with Crippen molar-refractivity contribution in [3.05, 3.63) is 95.2 Å². The van der Waals surface area contributed by atoms with Crippen LogP contribution >= 0.6 is 23.4 Å². The monoisotopic (exact) mass is 387 g/mol. The van der Waals surface area contributed by atoms with E-state index in [9.17, 15) is 5.26 Å². The zero-order chi connectivity index (χ0) is 18.6. The topological polar surface area (TPSA) is 36.9 Å². The van der Waals surface area contributed by atoms with Gasteiger partial charge in [-0.25, -0.2) is 0 Å². The molecule has 0 aliphatic heterocycles. The molecule has 0 aliphatic rings. The number of furan rings is 1. The summed E-state index contributed by atoms with van der Waals surface area (Å²) >= 11 is 7.43. The number of halogens is 1. The molecule has 0 atom stereocenters. The van der Waals surface area contributed by atoms with Crippen molar-refractivity contribution in [2.45, 2.75) is 9.99 Å². The Morgan fingerprint density at radius 3 is 2.52 bits per heavy atom. The van der Waals surface area contributed by atoms with Crippen LogP contribution in [0, 0.1) is 11.3 Å². The molecule has 0 spiro atoms. The molecule has 0 radical (unpaired) electrons. The first-order chi connectivity index (χ1) is 13.2. The highest BCUT2D eigenvalue weighted by atomic mass is 35.5. The standard InChI is InChI=1S/C23H14ClNOS/c24-18-8-11-20(12-9-18)27-23-13-10-19(26-23)14-17(15-25)22-7-3-5-16-4-1-2-6-21(16)22/h1-14H/b17-14+. The molecule has 4 rings (SSSR count). The fourth-order valence-corrected chi connectivity index (χ4v) is 3.76. The van der Waals surface area contributed by atoms with Crippen LogP contribution in [0.25, 0.3) is 22.4 Å². The molecule has 130 valence electrons. The predicted octanol–water partition coefficient (Wildman–Crippen LogP) is 7.30. The molecule has 0 fully saturated rings. The molecule has 27 heavy (non-hydrogen) atoms. The predicted molar refractivity (Wildman–Crippen MR) is 112 cm³/mol. The van der Waals surface area contributed by atoms with Gasteiger partial charge in [0.15, 0.2) is 5.09 Å². The van der Waals surface area contributed by atoms with Gasteiger partial charge in [-0.2, -0.15) is 5.26 Å². The Morgan fingerprint density at radius 2 is 1.70 bits per heavy atom. The summed E-state index contributed by atoms with van der Waals surface area (Å²) in [7, 11) is 0. The fourth-order valence-electron chi connectivity index (χ4n) is 2.86. The molecular weight excluding hydrogens is 374 g/mol. The zero-order valence-electron chi connectivity index (χ0n) is 14.2. The minimum atomic E-state index is 0.573. The van der Waals surface area contributed by atoms with Gasteiger partial charge >= 0.3 is 0 Å². The highest BCUT2D eigenvalue weighted by Crippen LogP contribution is 2.32. The normalized spacial score (nSPS) is 11.5. The van der Waals surface area contributed by atoms with Crippen molar-refractivity contribution in [1.29, 1.82) is 5.26 Å². The molecule has 0 amide bonds. The first-order valence-electron chi connectivity index (χ1n) is 8.36. The van der Waals surface area contributed by atoms with Gasteiger partial charge in [-0.3, -0.25) is 0 Å². The van der Waals surface area contributed by atoms with Crippen LogP contribution in [0.15, 0.2) is 93.3 Å². The lowest BCUT2D eigenvalue weighted by Gasteiger charge is -2.04. The molecule has 2 nitrogen and oxygen atoms in total. The average molecular weight is 388 g/mol. The van der Waals surface area contributed by atoms with Gasteiger partial charge in [0.2, 0.25) is 0 Å². The fraction of sp³-hybridized carbons (Fsp3) is 0. The summed E-state index contributed by atoms with van der Waals surface area (Å²) < 4.78 is 5.89. The number of nitrogens with zero attached hydrogens (tertiary/aromatic N) is 1. The minimum Gasteiger partial charge on any atom is -0.450 e. The summed E-state index contributed by atoms with van der Waals surface area (Å²) in [5, 5.41) is 13.3. The third-order valence-corrected chi connectivity index (χ3v) is 5.30. The lowest BCUT2D eigenvalue weighted by Crippen LogP contribution is -1.84. The van der Waals surface area contributed by atoms with Crippen molar-refractivity contribution in [3.63, 3.8) is 0 Å². The second-order valence-corrected chi connectivity index (χ2v) is 7.42. The van der Waals surface area contributed by atoms with Crippen molar-refractivity contribution in [2.75, 3.05) is 0 Å². The summed E-state index contributed by atoms with van der Waals surface area (Å²) in [5.41, 5.74) is 1.48. The summed E-state index contributed by atoms with van der Waals surface area (Å²) in [5.74, 6) is 0.649. The van der Waals surface area contributed by atoms with Crippen molar-refractivity contribution in [2.24, 2.45) is 0 Å². The van der Waals surface area contributed by atoms with E-state index in [0.29, 0.717) is 16.4 Å². The van der Waals surface area contributed by atoms with Gasteiger partial charge in [0.1, 0.15) is 5.76 Å². The maximum atomic E-state index is 9.69. The van der Waals surface area contributed by atoms with Crippen LogP contribution in [-0.4, -0.2) is 0 Å². The summed E-state index contributed by atoms with van der Waals surface area (Å²) in [6.07, 6.45) is 1.79. The van der Waals surface area contributed by atoms with E-state index in [-0.39, 0.29) is 0 Å². The van der Waals surface area contributed by atoms with Crippen LogP contribution in [0.2, 0.25) is 5.02 Å². The van der Waals surface area contributed by atoms with Gasteiger partial charge in [-0.05, 0) is 53.2 Å². The first-order valence-corrected chi connectivity index (χ1v) is 9.55. The zero-order valence-corrected chi connectivity index (χ0v) is 15.8. The summed E-state index contributed by atoms with van der Waals surface area (Å²) in [4.78, 5) is 1.04. The van der Waals surface area contributed by atoms with E-state index in [0.717, 1.165) is 26.3 Å². The summed E-state index contributed by atoms with van der Waals surface area (Å²) in [6.45, 7) is 0. The summed E-state index contributed by atoms with van der Waals surface area (Å²) in [6, 6.07) is 27.7. The molecular formula is C23H14ClNOS. The second kappa shape index (κ2) is 7.75. The second-order valence-electron chi connectivity index (χ2n) is 5.91. The Balaban J connectivity index is 1.65.